The second-order valence-corrected chi connectivity index (χ2v) is 10.9. The lowest BCUT2D eigenvalue weighted by Crippen LogP contribution is -2.49. The Labute approximate surface area is 200 Å². The van der Waals surface area contributed by atoms with Gasteiger partial charge in [-0.3, -0.25) is 9.48 Å². The maximum Gasteiger partial charge on any atom is 0.254 e. The minimum Gasteiger partial charge on any atom is -0.493 e. The Kier molecular flexibility index (Phi) is 6.66. The number of sulfone groups is 1. The highest BCUT2D eigenvalue weighted by molar-refractivity contribution is 7.91. The zero-order chi connectivity index (χ0) is 24.6. The summed E-state index contributed by atoms with van der Waals surface area (Å²) in [4.78, 5) is 17.3. The first-order valence-electron chi connectivity index (χ1n) is 11.3. The molecule has 11 heteroatoms. The van der Waals surface area contributed by atoms with E-state index < -0.39 is 9.84 Å². The zero-order valence-electron chi connectivity index (χ0n) is 20.3. The molecule has 2 aliphatic rings. The highest BCUT2D eigenvalue weighted by Gasteiger charge is 2.33. The van der Waals surface area contributed by atoms with Gasteiger partial charge in [-0.15, -0.1) is 0 Å². The first kappa shape index (κ1) is 24.2. The lowest BCUT2D eigenvalue weighted by atomic mass is 10.1. The average Bonchev–Trinajstić information content (AvgIpc) is 3.34. The van der Waals surface area contributed by atoms with Crippen molar-refractivity contribution in [1.29, 1.82) is 0 Å². The molecule has 2 aromatic rings. The summed E-state index contributed by atoms with van der Waals surface area (Å²) in [5.74, 6) is 1.59. The Balaban J connectivity index is 1.49. The van der Waals surface area contributed by atoms with Crippen LogP contribution in [-0.2, 0) is 9.84 Å². The van der Waals surface area contributed by atoms with Crippen LogP contribution < -0.4 is 19.1 Å². The van der Waals surface area contributed by atoms with Crippen molar-refractivity contribution >= 4 is 21.4 Å². The fraction of sp³-hybridized carbons (Fsp3) is 0.565. The van der Waals surface area contributed by atoms with Crippen molar-refractivity contribution in [1.82, 2.24) is 14.7 Å². The number of amides is 1. The highest BCUT2D eigenvalue weighted by atomic mass is 32.2. The average molecular weight is 493 g/mol. The lowest BCUT2D eigenvalue weighted by molar-refractivity contribution is 0.0746. The molecular formula is C23H32N4O6S. The maximum absolute atomic E-state index is 13.2. The summed E-state index contributed by atoms with van der Waals surface area (Å²) < 4.78 is 41.9. The Hall–Kier alpha value is -2.95. The molecular weight excluding hydrogens is 460 g/mol. The highest BCUT2D eigenvalue weighted by Crippen LogP contribution is 2.38. The molecule has 0 aliphatic carbocycles. The van der Waals surface area contributed by atoms with Crippen LogP contribution in [0.25, 0.3) is 0 Å². The van der Waals surface area contributed by atoms with Crippen molar-refractivity contribution in [3.8, 4) is 17.2 Å². The quantitative estimate of drug-likeness (QED) is 0.602. The second-order valence-electron chi connectivity index (χ2n) is 8.71. The van der Waals surface area contributed by atoms with E-state index in [1.165, 1.54) is 21.3 Å². The molecule has 4 rings (SSSR count). The summed E-state index contributed by atoms with van der Waals surface area (Å²) in [5, 5.41) is 4.68. The largest absolute Gasteiger partial charge is 0.493 e. The molecule has 0 radical (unpaired) electrons. The molecule has 3 heterocycles. The van der Waals surface area contributed by atoms with Crippen molar-refractivity contribution in [3.63, 3.8) is 0 Å². The van der Waals surface area contributed by atoms with Gasteiger partial charge in [-0.25, -0.2) is 8.42 Å². The van der Waals surface area contributed by atoms with Gasteiger partial charge < -0.3 is 24.0 Å². The summed E-state index contributed by atoms with van der Waals surface area (Å²) in [6.45, 7) is 6.37. The molecule has 1 aromatic heterocycles. The molecule has 1 unspecified atom stereocenters. The van der Waals surface area contributed by atoms with Gasteiger partial charge in [0.25, 0.3) is 5.91 Å². The molecule has 0 bridgehead atoms. The van der Waals surface area contributed by atoms with E-state index in [2.05, 4.69) is 10.00 Å². The fourth-order valence-corrected chi connectivity index (χ4v) is 6.65. The normalized spacial score (nSPS) is 19.9. The van der Waals surface area contributed by atoms with Gasteiger partial charge in [-0.1, -0.05) is 0 Å². The van der Waals surface area contributed by atoms with Crippen LogP contribution in [0, 0.1) is 13.8 Å². The van der Waals surface area contributed by atoms with Gasteiger partial charge in [-0.2, -0.15) is 5.10 Å². The number of aromatic nitrogens is 2. The van der Waals surface area contributed by atoms with Crippen LogP contribution >= 0.6 is 0 Å². The summed E-state index contributed by atoms with van der Waals surface area (Å²) in [7, 11) is 1.58. The van der Waals surface area contributed by atoms with Crippen LogP contribution in [0.3, 0.4) is 0 Å². The third-order valence-corrected chi connectivity index (χ3v) is 8.39. The van der Waals surface area contributed by atoms with E-state index in [1.807, 2.05) is 23.4 Å². The van der Waals surface area contributed by atoms with Crippen molar-refractivity contribution in [2.24, 2.45) is 0 Å². The number of carbonyl (C=O) groups is 1. The number of hydrogen-bond acceptors (Lipinski definition) is 8. The van der Waals surface area contributed by atoms with Crippen molar-refractivity contribution in [2.45, 2.75) is 26.3 Å². The van der Waals surface area contributed by atoms with E-state index in [9.17, 15) is 13.2 Å². The maximum atomic E-state index is 13.2. The van der Waals surface area contributed by atoms with E-state index in [1.54, 1.807) is 12.1 Å². The topological polar surface area (TPSA) is 103 Å². The molecule has 0 N–H and O–H groups in total. The molecule has 2 aliphatic heterocycles. The van der Waals surface area contributed by atoms with Gasteiger partial charge in [0.2, 0.25) is 5.75 Å². The summed E-state index contributed by atoms with van der Waals surface area (Å²) in [5.41, 5.74) is 3.37. The van der Waals surface area contributed by atoms with Crippen molar-refractivity contribution in [2.75, 3.05) is 63.9 Å². The zero-order valence-corrected chi connectivity index (χ0v) is 21.1. The number of carbonyl (C=O) groups excluding carboxylic acids is 1. The first-order chi connectivity index (χ1) is 16.2. The van der Waals surface area contributed by atoms with E-state index in [0.29, 0.717) is 55.4 Å². The van der Waals surface area contributed by atoms with Crippen LogP contribution in [-0.4, -0.2) is 88.0 Å². The van der Waals surface area contributed by atoms with E-state index in [0.717, 1.165) is 17.1 Å². The lowest BCUT2D eigenvalue weighted by Gasteiger charge is -2.36. The van der Waals surface area contributed by atoms with Gasteiger partial charge in [-0.05, 0) is 32.4 Å². The minimum atomic E-state index is -2.99. The first-order valence-corrected chi connectivity index (χ1v) is 13.1. The molecule has 34 heavy (non-hydrogen) atoms. The van der Waals surface area contributed by atoms with Crippen LogP contribution in [0.4, 0.5) is 5.69 Å². The molecule has 1 aromatic carbocycles. The van der Waals surface area contributed by atoms with E-state index in [-0.39, 0.29) is 23.5 Å². The summed E-state index contributed by atoms with van der Waals surface area (Å²) >= 11 is 0. The smallest absolute Gasteiger partial charge is 0.254 e. The summed E-state index contributed by atoms with van der Waals surface area (Å²) in [6, 6.07) is 3.23. The number of aryl methyl sites for hydroxylation is 1. The van der Waals surface area contributed by atoms with E-state index >= 15 is 0 Å². The SMILES string of the molecule is COc1cc(C(=O)N2CCN(c3c(C)nn(C4CCS(=O)(=O)C4)c3C)CC2)cc(OC)c1OC. The minimum absolute atomic E-state index is 0.0980. The molecule has 2 saturated heterocycles. The Bertz CT molecular complexity index is 1160. The Morgan fingerprint density at radius 1 is 1.00 bits per heavy atom. The molecule has 186 valence electrons. The predicted molar refractivity (Wildman–Crippen MR) is 128 cm³/mol. The second kappa shape index (κ2) is 9.36. The third-order valence-electron chi connectivity index (χ3n) is 6.64. The van der Waals surface area contributed by atoms with Crippen LogP contribution in [0.5, 0.6) is 17.2 Å². The Morgan fingerprint density at radius 2 is 1.62 bits per heavy atom. The molecule has 2 fully saturated rings. The van der Waals surface area contributed by atoms with Crippen molar-refractivity contribution in [3.05, 3.63) is 29.1 Å². The van der Waals surface area contributed by atoms with Gasteiger partial charge in [0.1, 0.15) is 0 Å². The number of ether oxygens (including phenoxy) is 3. The molecule has 1 amide bonds. The number of hydrogen-bond donors (Lipinski definition) is 0. The monoisotopic (exact) mass is 492 g/mol. The molecule has 1 atom stereocenters. The van der Waals surface area contributed by atoms with Gasteiger partial charge in [0.05, 0.1) is 56.0 Å². The third kappa shape index (κ3) is 4.40. The molecule has 0 spiro atoms. The number of piperazine rings is 1. The molecule has 0 saturated carbocycles. The summed E-state index contributed by atoms with van der Waals surface area (Å²) in [6.07, 6.45) is 0.598. The van der Waals surface area contributed by atoms with Crippen LogP contribution in [0.2, 0.25) is 0 Å². The van der Waals surface area contributed by atoms with Gasteiger partial charge in [0.15, 0.2) is 21.3 Å². The predicted octanol–water partition coefficient (Wildman–Crippen LogP) is 1.85. The van der Waals surface area contributed by atoms with Crippen LogP contribution in [0.15, 0.2) is 12.1 Å². The number of methoxy groups -OCH3 is 3. The fourth-order valence-electron chi connectivity index (χ4n) is 4.96. The van der Waals surface area contributed by atoms with Gasteiger partial charge >= 0.3 is 0 Å². The standard InChI is InChI=1S/C23H32N4O6S/c1-15-21(16(2)27(24-15)18-6-11-34(29,30)14-18)25-7-9-26(10-8-25)23(28)17-12-19(31-3)22(33-5)20(13-17)32-4/h12-13,18H,6-11,14H2,1-5H3. The number of rotatable bonds is 6. The number of benzene rings is 1. The van der Waals surface area contributed by atoms with E-state index in [4.69, 9.17) is 14.2 Å². The number of anilines is 1. The molecule has 10 nitrogen and oxygen atoms in total. The van der Waals surface area contributed by atoms with Crippen molar-refractivity contribution < 1.29 is 27.4 Å². The van der Waals surface area contributed by atoms with Crippen LogP contribution in [0.1, 0.15) is 34.2 Å². The number of nitrogens with zero attached hydrogens (tertiary/aromatic N) is 4. The van der Waals surface area contributed by atoms with Gasteiger partial charge in [0, 0.05) is 31.7 Å². The Morgan fingerprint density at radius 3 is 2.12 bits per heavy atom.